The van der Waals surface area contributed by atoms with Crippen molar-refractivity contribution >= 4 is 11.9 Å². The lowest BCUT2D eigenvalue weighted by molar-refractivity contribution is -0.111. The van der Waals surface area contributed by atoms with E-state index in [1.165, 1.54) is 7.11 Å². The molecule has 0 aliphatic rings. The first kappa shape index (κ1) is 8.07. The van der Waals surface area contributed by atoms with Crippen molar-refractivity contribution in [1.82, 2.24) is 15.2 Å². The summed E-state index contributed by atoms with van der Waals surface area (Å²) >= 11 is 0. The summed E-state index contributed by atoms with van der Waals surface area (Å²) < 4.78 is 4.65. The molecule has 0 aliphatic carbocycles. The Morgan fingerprint density at radius 2 is 2.58 bits per heavy atom. The molecule has 0 unspecified atom stereocenters. The zero-order chi connectivity index (χ0) is 8.97. The molecule has 0 spiro atoms. The molecule has 1 aromatic heterocycles. The molecule has 62 valence electrons. The summed E-state index contributed by atoms with van der Waals surface area (Å²) in [6, 6.07) is 0.141. The maximum Gasteiger partial charge on any atom is 0.336 e. The zero-order valence-corrected chi connectivity index (χ0v) is 6.29. The van der Waals surface area contributed by atoms with E-state index >= 15 is 0 Å². The largest absolute Gasteiger partial charge is 0.466 e. The number of hydrogen-bond donors (Lipinski definition) is 2. The van der Waals surface area contributed by atoms with Crippen LogP contribution in [0, 0.1) is 12.3 Å². The number of methoxy groups -OCH3 is 1. The number of carbonyl (C=O) groups is 1. The predicted octanol–water partition coefficient (Wildman–Crippen LogP) is -0.615. The number of H-pyrrole nitrogens is 1. The lowest BCUT2D eigenvalue weighted by Gasteiger charge is -1.90. The number of aromatic amines is 1. The lowest BCUT2D eigenvalue weighted by atomic mass is 10.6. The summed E-state index contributed by atoms with van der Waals surface area (Å²) in [6.07, 6.45) is 4.80. The van der Waals surface area contributed by atoms with Gasteiger partial charge in [-0.25, -0.2) is 5.10 Å². The van der Waals surface area contributed by atoms with Crippen LogP contribution in [0.25, 0.3) is 0 Å². The highest BCUT2D eigenvalue weighted by atomic mass is 16.5. The van der Waals surface area contributed by atoms with E-state index in [0.717, 1.165) is 0 Å². The molecule has 0 saturated carbocycles. The molecule has 0 aromatic carbocycles. The Labute approximate surface area is 68.3 Å². The molecule has 1 rings (SSSR count). The van der Waals surface area contributed by atoms with Gasteiger partial charge in [-0.05, 0) is 5.92 Å². The van der Waals surface area contributed by atoms with Gasteiger partial charge in [0.2, 0.25) is 5.95 Å². The molecule has 12 heavy (non-hydrogen) atoms. The molecule has 0 fully saturated rings. The molecule has 2 N–H and O–H groups in total. The topological polar surface area (TPSA) is 79.9 Å². The van der Waals surface area contributed by atoms with E-state index in [0.29, 0.717) is 0 Å². The van der Waals surface area contributed by atoms with Crippen molar-refractivity contribution in [1.29, 1.82) is 0 Å². The Hall–Kier alpha value is -2.03. The molecule has 0 aliphatic heterocycles. The SMILES string of the molecule is C#CC(=O)Nc1nc(OC)n[nH]1. The first-order chi connectivity index (χ1) is 5.76. The fourth-order valence-electron chi connectivity index (χ4n) is 0.537. The maximum absolute atomic E-state index is 10.6. The third-order valence-electron chi connectivity index (χ3n) is 1.01. The molecule has 6 heteroatoms. The number of rotatable bonds is 2. The minimum absolute atomic E-state index is 0.141. The van der Waals surface area contributed by atoms with Gasteiger partial charge in [0.05, 0.1) is 7.11 Å². The van der Waals surface area contributed by atoms with Gasteiger partial charge in [0.1, 0.15) is 0 Å². The summed E-state index contributed by atoms with van der Waals surface area (Å²) in [5.41, 5.74) is 0. The van der Waals surface area contributed by atoms with E-state index in [1.54, 1.807) is 0 Å². The maximum atomic E-state index is 10.6. The summed E-state index contributed by atoms with van der Waals surface area (Å²) in [7, 11) is 1.41. The Morgan fingerprint density at radius 3 is 3.08 bits per heavy atom. The van der Waals surface area contributed by atoms with Crippen LogP contribution in [-0.4, -0.2) is 28.2 Å². The first-order valence-corrected chi connectivity index (χ1v) is 3.00. The van der Waals surface area contributed by atoms with Crippen LogP contribution < -0.4 is 10.1 Å². The summed E-state index contributed by atoms with van der Waals surface area (Å²) in [5, 5.41) is 8.25. The number of amides is 1. The van der Waals surface area contributed by atoms with Gasteiger partial charge < -0.3 is 4.74 Å². The van der Waals surface area contributed by atoms with Crippen molar-refractivity contribution in [2.75, 3.05) is 12.4 Å². The van der Waals surface area contributed by atoms with E-state index in [4.69, 9.17) is 6.42 Å². The number of nitrogens with one attached hydrogen (secondary N) is 2. The number of terminal acetylenes is 1. The second-order valence-corrected chi connectivity index (χ2v) is 1.77. The molecule has 0 radical (unpaired) electrons. The van der Waals surface area contributed by atoms with Gasteiger partial charge in [-0.1, -0.05) is 0 Å². The smallest absolute Gasteiger partial charge is 0.336 e. The number of carbonyl (C=O) groups excluding carboxylic acids is 1. The fourth-order valence-corrected chi connectivity index (χ4v) is 0.537. The van der Waals surface area contributed by atoms with Crippen LogP contribution >= 0.6 is 0 Å². The molecule has 0 bridgehead atoms. The average molecular weight is 166 g/mol. The van der Waals surface area contributed by atoms with Crippen LogP contribution in [0.15, 0.2) is 0 Å². The predicted molar refractivity (Wildman–Crippen MR) is 40.4 cm³/mol. The van der Waals surface area contributed by atoms with Crippen molar-refractivity contribution in [2.45, 2.75) is 0 Å². The number of nitrogens with zero attached hydrogens (tertiary/aromatic N) is 2. The lowest BCUT2D eigenvalue weighted by Crippen LogP contribution is -2.09. The highest BCUT2D eigenvalue weighted by Crippen LogP contribution is 2.03. The molecular weight excluding hydrogens is 160 g/mol. The Kier molecular flexibility index (Phi) is 2.28. The van der Waals surface area contributed by atoms with Crippen molar-refractivity contribution in [3.63, 3.8) is 0 Å². The van der Waals surface area contributed by atoms with Crippen molar-refractivity contribution in [2.24, 2.45) is 0 Å². The van der Waals surface area contributed by atoms with Crippen LogP contribution in [-0.2, 0) is 4.79 Å². The molecular formula is C6H6N4O2. The second-order valence-electron chi connectivity index (χ2n) is 1.77. The Bertz CT molecular complexity index is 325. The van der Waals surface area contributed by atoms with Crippen LogP contribution in [0.2, 0.25) is 0 Å². The number of ether oxygens (including phenoxy) is 1. The quantitative estimate of drug-likeness (QED) is 0.574. The van der Waals surface area contributed by atoms with E-state index in [1.807, 2.05) is 5.92 Å². The monoisotopic (exact) mass is 166 g/mol. The van der Waals surface area contributed by atoms with E-state index < -0.39 is 5.91 Å². The molecule has 1 amide bonds. The highest BCUT2D eigenvalue weighted by molar-refractivity contribution is 6.02. The molecule has 0 saturated heterocycles. The van der Waals surface area contributed by atoms with Crippen LogP contribution in [0.5, 0.6) is 6.01 Å². The fraction of sp³-hybridized carbons (Fsp3) is 0.167. The minimum atomic E-state index is -0.589. The van der Waals surface area contributed by atoms with Crippen molar-refractivity contribution in [3.05, 3.63) is 0 Å². The van der Waals surface area contributed by atoms with Gasteiger partial charge in [0, 0.05) is 0 Å². The van der Waals surface area contributed by atoms with Crippen LogP contribution in [0.3, 0.4) is 0 Å². The van der Waals surface area contributed by atoms with Gasteiger partial charge in [-0.2, -0.15) is 4.98 Å². The third kappa shape index (κ3) is 1.73. The van der Waals surface area contributed by atoms with E-state index in [2.05, 4.69) is 25.2 Å². The van der Waals surface area contributed by atoms with Gasteiger partial charge in [-0.3, -0.25) is 10.1 Å². The number of anilines is 1. The standard InChI is InChI=1S/C6H6N4O2/c1-3-4(11)7-5-8-6(12-2)10-9-5/h1H,2H3,(H2,7,8,9,10,11). The normalized spacial score (nSPS) is 8.67. The molecule has 1 aromatic rings. The first-order valence-electron chi connectivity index (χ1n) is 3.00. The zero-order valence-electron chi connectivity index (χ0n) is 6.29. The van der Waals surface area contributed by atoms with Gasteiger partial charge in [0.15, 0.2) is 0 Å². The van der Waals surface area contributed by atoms with Crippen molar-refractivity contribution < 1.29 is 9.53 Å². The van der Waals surface area contributed by atoms with Gasteiger partial charge >= 0.3 is 11.9 Å². The Balaban J connectivity index is 2.65. The number of hydrogen-bond acceptors (Lipinski definition) is 4. The molecule has 1 heterocycles. The Morgan fingerprint density at radius 1 is 1.83 bits per heavy atom. The van der Waals surface area contributed by atoms with Crippen LogP contribution in [0.4, 0.5) is 5.95 Å². The minimum Gasteiger partial charge on any atom is -0.466 e. The average Bonchev–Trinajstić information content (AvgIpc) is 2.52. The van der Waals surface area contributed by atoms with Crippen LogP contribution in [0.1, 0.15) is 0 Å². The van der Waals surface area contributed by atoms with E-state index in [9.17, 15) is 4.79 Å². The molecule has 0 atom stereocenters. The summed E-state index contributed by atoms with van der Waals surface area (Å²) in [4.78, 5) is 14.3. The summed E-state index contributed by atoms with van der Waals surface area (Å²) in [5.74, 6) is 1.43. The number of aromatic nitrogens is 3. The van der Waals surface area contributed by atoms with Gasteiger partial charge in [-0.15, -0.1) is 11.5 Å². The van der Waals surface area contributed by atoms with Gasteiger partial charge in [0.25, 0.3) is 0 Å². The van der Waals surface area contributed by atoms with E-state index in [-0.39, 0.29) is 12.0 Å². The second kappa shape index (κ2) is 3.39. The summed E-state index contributed by atoms with van der Waals surface area (Å²) in [6.45, 7) is 0. The molecule has 6 nitrogen and oxygen atoms in total. The highest BCUT2D eigenvalue weighted by Gasteiger charge is 2.03. The third-order valence-corrected chi connectivity index (χ3v) is 1.01. The van der Waals surface area contributed by atoms with Crippen molar-refractivity contribution in [3.8, 4) is 18.4 Å².